The normalized spacial score (nSPS) is 16.8. The summed E-state index contributed by atoms with van der Waals surface area (Å²) in [6.45, 7) is 13.8. The molecule has 1 aliphatic heterocycles. The first-order valence-corrected chi connectivity index (χ1v) is 15.9. The van der Waals surface area contributed by atoms with E-state index in [2.05, 4.69) is 62.9 Å². The maximum absolute atomic E-state index is 13.5. The van der Waals surface area contributed by atoms with E-state index in [9.17, 15) is 13.2 Å². The molecule has 200 valence electrons. The monoisotopic (exact) mass is 631 g/mol. The molecule has 1 aliphatic rings. The summed E-state index contributed by atoms with van der Waals surface area (Å²) in [5.74, 6) is 1.69. The predicted octanol–water partition coefficient (Wildman–Crippen LogP) is 10.4. The van der Waals surface area contributed by atoms with E-state index in [0.29, 0.717) is 5.92 Å². The first-order valence-electron chi connectivity index (χ1n) is 12.9. The average Bonchev–Trinajstić information content (AvgIpc) is 2.81. The molecule has 2 rings (SSSR count). The molecule has 0 aliphatic carbocycles. The summed E-state index contributed by atoms with van der Waals surface area (Å²) < 4.78 is 44.1. The van der Waals surface area contributed by atoms with Crippen molar-refractivity contribution >= 4 is 42.0 Å². The van der Waals surface area contributed by atoms with Gasteiger partial charge in [-0.25, -0.2) is 0 Å². The fraction of sp³-hybridized carbons (Fsp3) is 0.500. The molecule has 1 nitrogen and oxygen atoms in total. The van der Waals surface area contributed by atoms with Crippen molar-refractivity contribution in [3.63, 3.8) is 0 Å². The van der Waals surface area contributed by atoms with E-state index < -0.39 is 38.2 Å². The number of thioether (sulfide) groups is 1. The van der Waals surface area contributed by atoms with Gasteiger partial charge >= 0.3 is 6.18 Å². The van der Waals surface area contributed by atoms with Gasteiger partial charge in [0.15, 0.2) is 0 Å². The molecule has 0 saturated heterocycles. The summed E-state index contributed by atoms with van der Waals surface area (Å²) in [6.07, 6.45) is 14.6. The Bertz CT molecular complexity index is 1000. The molecule has 0 aromatic heterocycles. The van der Waals surface area contributed by atoms with Crippen LogP contribution in [0.2, 0.25) is 0 Å². The van der Waals surface area contributed by atoms with Gasteiger partial charge in [-0.1, -0.05) is 90.5 Å². The van der Waals surface area contributed by atoms with Gasteiger partial charge < -0.3 is 3.11 Å². The number of fused-ring (bicyclic) bond motifs is 1. The zero-order valence-corrected chi connectivity index (χ0v) is 25.4. The summed E-state index contributed by atoms with van der Waals surface area (Å²) >= 11 is 1.43. The van der Waals surface area contributed by atoms with Crippen molar-refractivity contribution < 1.29 is 13.2 Å². The van der Waals surface area contributed by atoms with Crippen molar-refractivity contribution in [3.05, 3.63) is 76.8 Å². The second-order valence-corrected chi connectivity index (χ2v) is 13.9. The van der Waals surface area contributed by atoms with Crippen LogP contribution in [0.5, 0.6) is 0 Å². The van der Waals surface area contributed by atoms with Crippen LogP contribution in [0.25, 0.3) is 0 Å². The molecular formula is C30H41F3INS. The van der Waals surface area contributed by atoms with Crippen LogP contribution >= 0.6 is 32.8 Å². The molecular weight excluding hydrogens is 590 g/mol. The summed E-state index contributed by atoms with van der Waals surface area (Å²) in [5, 5.41) is 0. The molecule has 0 bridgehead atoms. The predicted molar refractivity (Wildman–Crippen MR) is 163 cm³/mol. The van der Waals surface area contributed by atoms with Crippen LogP contribution in [0, 0.1) is 5.92 Å². The summed E-state index contributed by atoms with van der Waals surface area (Å²) in [6, 6.07) is 4.28. The highest BCUT2D eigenvalue weighted by atomic mass is 127. The molecule has 0 unspecified atom stereocenters. The fourth-order valence-corrected chi connectivity index (χ4v) is 7.84. The van der Waals surface area contributed by atoms with Gasteiger partial charge in [0.2, 0.25) is 0 Å². The summed E-state index contributed by atoms with van der Waals surface area (Å²) in [4.78, 5) is 1.42. The van der Waals surface area contributed by atoms with Crippen molar-refractivity contribution in [1.82, 2.24) is 0 Å². The van der Waals surface area contributed by atoms with Crippen LogP contribution in [0.3, 0.4) is 0 Å². The van der Waals surface area contributed by atoms with Crippen LogP contribution in [-0.2, 0) is 11.6 Å². The standard InChI is InChI=1S/C30H41F3INS/c1-7-14-25(36-21-8-2)15-12-10-9-11-13-16-28-29(5,6)26-22-24(30(31,32)33)17-18-27(26)35(34-28)20-19-23(3)4/h9-13,15-18,22-23H,7-8,14,19-21H2,1-6H3/b11-9+,12-10+,16-13+,25-15-. The highest BCUT2D eigenvalue weighted by Gasteiger charge is 2.37. The highest BCUT2D eigenvalue weighted by molar-refractivity contribution is 14.2. The highest BCUT2D eigenvalue weighted by Crippen LogP contribution is 2.46. The molecule has 0 amide bonds. The zero-order valence-electron chi connectivity index (χ0n) is 22.5. The Hall–Kier alpha value is -1.28. The second-order valence-electron chi connectivity index (χ2n) is 9.92. The van der Waals surface area contributed by atoms with Crippen molar-refractivity contribution in [2.45, 2.75) is 78.8 Å². The fourth-order valence-electron chi connectivity index (χ4n) is 3.76. The van der Waals surface area contributed by atoms with Gasteiger partial charge in [-0.3, -0.25) is 0 Å². The Morgan fingerprint density at radius 1 is 1.06 bits per heavy atom. The smallest absolute Gasteiger partial charge is 0.319 e. The lowest BCUT2D eigenvalue weighted by molar-refractivity contribution is -0.137. The van der Waals surface area contributed by atoms with Gasteiger partial charge in [-0.2, -0.15) is 13.2 Å². The number of hydrogen-bond donors (Lipinski definition) is 0. The molecule has 36 heavy (non-hydrogen) atoms. The lowest BCUT2D eigenvalue weighted by Gasteiger charge is -2.38. The van der Waals surface area contributed by atoms with Crippen molar-refractivity contribution in [2.75, 3.05) is 15.4 Å². The van der Waals surface area contributed by atoms with E-state index in [1.165, 1.54) is 27.0 Å². The van der Waals surface area contributed by atoms with Gasteiger partial charge in [0.25, 0.3) is 0 Å². The van der Waals surface area contributed by atoms with Gasteiger partial charge in [0, 0.05) is 42.2 Å². The third-order valence-electron chi connectivity index (χ3n) is 5.91. The van der Waals surface area contributed by atoms with Gasteiger partial charge in [-0.15, -0.1) is 11.8 Å². The first-order chi connectivity index (χ1) is 17.0. The molecule has 1 aromatic carbocycles. The van der Waals surface area contributed by atoms with Crippen LogP contribution in [0.4, 0.5) is 18.9 Å². The lowest BCUT2D eigenvalue weighted by atomic mass is 9.79. The van der Waals surface area contributed by atoms with E-state index in [0.717, 1.165) is 42.8 Å². The number of benzene rings is 1. The van der Waals surface area contributed by atoms with Gasteiger partial charge in [0.1, 0.15) is 0 Å². The SMILES string of the molecule is CCCS\C(=C/C=C/C=C/C=C/C1=IN(CCC(C)C)c2ccc(C(F)(F)F)cc2C1(C)C)CCC. The van der Waals surface area contributed by atoms with E-state index in [1.807, 2.05) is 36.1 Å². The van der Waals surface area contributed by atoms with Crippen LogP contribution in [0.15, 0.2) is 65.6 Å². The molecule has 0 saturated carbocycles. The minimum atomic E-state index is -4.34. The first kappa shape index (κ1) is 30.9. The maximum atomic E-state index is 13.5. The minimum Gasteiger partial charge on any atom is -0.319 e. The van der Waals surface area contributed by atoms with Crippen molar-refractivity contribution in [1.29, 1.82) is 0 Å². The number of allylic oxidation sites excluding steroid dienone is 8. The molecule has 0 atom stereocenters. The quantitative estimate of drug-likeness (QED) is 0.128. The Kier molecular flexibility index (Phi) is 12.6. The average molecular weight is 632 g/mol. The number of rotatable bonds is 12. The van der Waals surface area contributed by atoms with Gasteiger partial charge in [-0.05, 0) is 59.6 Å². The Morgan fingerprint density at radius 3 is 2.39 bits per heavy atom. The number of alkyl halides is 3. The number of anilines is 1. The van der Waals surface area contributed by atoms with E-state index in [-0.39, 0.29) is 0 Å². The van der Waals surface area contributed by atoms with E-state index in [1.54, 1.807) is 6.07 Å². The van der Waals surface area contributed by atoms with Crippen LogP contribution in [0.1, 0.15) is 78.4 Å². The molecule has 0 radical (unpaired) electrons. The minimum absolute atomic E-state index is 0.438. The molecule has 1 heterocycles. The third kappa shape index (κ3) is 9.23. The number of hydrogen-bond acceptors (Lipinski definition) is 2. The Labute approximate surface area is 231 Å². The number of nitrogens with zero attached hydrogens (tertiary/aromatic N) is 1. The molecule has 0 N–H and O–H groups in total. The van der Waals surface area contributed by atoms with E-state index in [4.69, 9.17) is 0 Å². The van der Waals surface area contributed by atoms with Gasteiger partial charge in [0.05, 0.1) is 5.56 Å². The zero-order chi connectivity index (χ0) is 26.8. The Morgan fingerprint density at radius 2 is 1.75 bits per heavy atom. The molecule has 1 aromatic rings. The van der Waals surface area contributed by atoms with Crippen LogP contribution in [-0.4, -0.2) is 15.8 Å². The molecule has 0 spiro atoms. The third-order valence-corrected chi connectivity index (χ3v) is 11.0. The van der Waals surface area contributed by atoms with Crippen molar-refractivity contribution in [3.8, 4) is 0 Å². The summed E-state index contributed by atoms with van der Waals surface area (Å²) in [7, 11) is 0. The maximum Gasteiger partial charge on any atom is 0.416 e. The summed E-state index contributed by atoms with van der Waals surface area (Å²) in [5.41, 5.74) is 0.729. The topological polar surface area (TPSA) is 3.24 Å². The second kappa shape index (κ2) is 14.6. The molecule has 0 fully saturated rings. The van der Waals surface area contributed by atoms with Crippen molar-refractivity contribution in [2.24, 2.45) is 5.92 Å². The lowest BCUT2D eigenvalue weighted by Crippen LogP contribution is -2.34. The van der Waals surface area contributed by atoms with Crippen LogP contribution < -0.4 is 3.11 Å². The van der Waals surface area contributed by atoms with E-state index >= 15 is 0 Å². The Balaban J connectivity index is 2.26. The molecule has 6 heteroatoms. The largest absolute Gasteiger partial charge is 0.416 e. The number of halogens is 4.